The zero-order valence-corrected chi connectivity index (χ0v) is 12.4. The molecule has 1 aliphatic heterocycles. The van der Waals surface area contributed by atoms with Gasteiger partial charge >= 0.3 is 0 Å². The van der Waals surface area contributed by atoms with Gasteiger partial charge in [-0.3, -0.25) is 4.79 Å². The molecule has 1 aliphatic rings. The number of carbonyl (C=O) groups excluding carboxylic acids is 1. The normalized spacial score (nSPS) is 20.1. The third-order valence-electron chi connectivity index (χ3n) is 3.48. The minimum atomic E-state index is 0.0541. The van der Waals surface area contributed by atoms with E-state index in [4.69, 9.17) is 0 Å². The largest absolute Gasteiger partial charge is 0.340 e. The summed E-state index contributed by atoms with van der Waals surface area (Å²) in [5.41, 5.74) is 0.681. The van der Waals surface area contributed by atoms with Crippen molar-refractivity contribution in [3.63, 3.8) is 0 Å². The highest BCUT2D eigenvalue weighted by molar-refractivity contribution is 9.10. The van der Waals surface area contributed by atoms with E-state index in [2.05, 4.69) is 32.9 Å². The lowest BCUT2D eigenvalue weighted by molar-refractivity contribution is 0.0761. The number of likely N-dealkylation sites (N-methyl/N-ethyl adjacent to an activating group) is 2. The zero-order valence-electron chi connectivity index (χ0n) is 10.8. The van der Waals surface area contributed by atoms with Gasteiger partial charge in [0.05, 0.1) is 0 Å². The highest BCUT2D eigenvalue weighted by Gasteiger charge is 2.24. The molecule has 1 aromatic rings. The molecular weight excluding hydrogens is 294 g/mol. The van der Waals surface area contributed by atoms with E-state index < -0.39 is 0 Å². The van der Waals surface area contributed by atoms with Crippen molar-refractivity contribution in [2.24, 2.45) is 0 Å². The summed E-state index contributed by atoms with van der Waals surface area (Å²) in [6.07, 6.45) is 4.05. The van der Waals surface area contributed by atoms with E-state index in [0.29, 0.717) is 16.2 Å². The van der Waals surface area contributed by atoms with Crippen molar-refractivity contribution < 1.29 is 4.79 Å². The molecule has 0 radical (unpaired) electrons. The van der Waals surface area contributed by atoms with E-state index >= 15 is 0 Å². The predicted octanol–water partition coefficient (Wildman–Crippen LogP) is 2.01. The van der Waals surface area contributed by atoms with Crippen molar-refractivity contribution in [3.8, 4) is 0 Å². The number of halogens is 1. The topological polar surface area (TPSA) is 36.4 Å². The predicted molar refractivity (Wildman–Crippen MR) is 74.5 cm³/mol. The van der Waals surface area contributed by atoms with E-state index in [1.165, 1.54) is 12.8 Å². The van der Waals surface area contributed by atoms with Gasteiger partial charge in [-0.25, -0.2) is 4.98 Å². The second-order valence-electron chi connectivity index (χ2n) is 4.83. The first-order valence-corrected chi connectivity index (χ1v) is 6.94. The number of hydrogen-bond donors (Lipinski definition) is 0. The first kappa shape index (κ1) is 13.5. The number of hydrogen-bond acceptors (Lipinski definition) is 3. The van der Waals surface area contributed by atoms with Gasteiger partial charge in [0.1, 0.15) is 4.60 Å². The van der Waals surface area contributed by atoms with Crippen molar-refractivity contribution in [2.75, 3.05) is 27.2 Å². The molecular formula is C13H18BrN3O. The second kappa shape index (κ2) is 5.80. The van der Waals surface area contributed by atoms with Gasteiger partial charge in [-0.05, 0) is 54.5 Å². The first-order chi connectivity index (χ1) is 8.58. The molecule has 1 atom stereocenters. The number of amides is 1. The molecule has 0 spiro atoms. The van der Waals surface area contributed by atoms with Gasteiger partial charge in [0.2, 0.25) is 0 Å². The summed E-state index contributed by atoms with van der Waals surface area (Å²) in [6.45, 7) is 1.92. The fourth-order valence-electron chi connectivity index (χ4n) is 2.36. The van der Waals surface area contributed by atoms with Crippen LogP contribution in [0.2, 0.25) is 0 Å². The Morgan fingerprint density at radius 2 is 2.44 bits per heavy atom. The van der Waals surface area contributed by atoms with Crippen LogP contribution < -0.4 is 0 Å². The fraction of sp³-hybridized carbons (Fsp3) is 0.538. The van der Waals surface area contributed by atoms with E-state index in [9.17, 15) is 4.79 Å². The Morgan fingerprint density at radius 3 is 3.06 bits per heavy atom. The molecule has 1 unspecified atom stereocenters. The van der Waals surface area contributed by atoms with E-state index in [0.717, 1.165) is 13.1 Å². The molecule has 0 bridgehead atoms. The van der Waals surface area contributed by atoms with Crippen LogP contribution in [-0.2, 0) is 0 Å². The lowest BCUT2D eigenvalue weighted by Gasteiger charge is -2.25. The van der Waals surface area contributed by atoms with Gasteiger partial charge in [0.25, 0.3) is 5.91 Å². The molecule has 1 amide bonds. The van der Waals surface area contributed by atoms with Crippen molar-refractivity contribution >= 4 is 21.8 Å². The van der Waals surface area contributed by atoms with Crippen LogP contribution in [0.15, 0.2) is 22.9 Å². The van der Waals surface area contributed by atoms with Crippen molar-refractivity contribution in [3.05, 3.63) is 28.5 Å². The molecule has 1 fully saturated rings. The van der Waals surface area contributed by atoms with Crippen LogP contribution in [0.4, 0.5) is 0 Å². The number of aromatic nitrogens is 1. The average molecular weight is 312 g/mol. The van der Waals surface area contributed by atoms with E-state index in [1.807, 2.05) is 7.05 Å². The fourth-order valence-corrected chi connectivity index (χ4v) is 2.73. The standard InChI is InChI=1S/C13H18BrN3O/c1-16-7-3-4-11(16)9-17(2)13(18)10-5-6-15-12(14)8-10/h5-6,8,11H,3-4,7,9H2,1-2H3. The maximum Gasteiger partial charge on any atom is 0.253 e. The van der Waals surface area contributed by atoms with E-state index in [-0.39, 0.29) is 5.91 Å². The summed E-state index contributed by atoms with van der Waals surface area (Å²) in [5, 5.41) is 0. The number of carbonyl (C=O) groups is 1. The molecule has 0 aliphatic carbocycles. The molecule has 2 rings (SSSR count). The summed E-state index contributed by atoms with van der Waals surface area (Å²) in [7, 11) is 3.99. The van der Waals surface area contributed by atoms with Crippen LogP contribution in [0.5, 0.6) is 0 Å². The van der Waals surface area contributed by atoms with Gasteiger partial charge in [-0.15, -0.1) is 0 Å². The van der Waals surface area contributed by atoms with Crippen molar-refractivity contribution in [1.82, 2.24) is 14.8 Å². The Labute approximate surface area is 116 Å². The molecule has 1 saturated heterocycles. The molecule has 2 heterocycles. The first-order valence-electron chi connectivity index (χ1n) is 6.15. The Bertz CT molecular complexity index is 438. The van der Waals surface area contributed by atoms with Crippen LogP contribution >= 0.6 is 15.9 Å². The second-order valence-corrected chi connectivity index (χ2v) is 5.64. The Balaban J connectivity index is 2.00. The average Bonchev–Trinajstić information content (AvgIpc) is 2.74. The molecule has 1 aromatic heterocycles. The van der Waals surface area contributed by atoms with Crippen LogP contribution in [0, 0.1) is 0 Å². The van der Waals surface area contributed by atoms with Crippen LogP contribution in [0.25, 0.3) is 0 Å². The summed E-state index contributed by atoms with van der Waals surface area (Å²) in [4.78, 5) is 20.4. The highest BCUT2D eigenvalue weighted by Crippen LogP contribution is 2.17. The summed E-state index contributed by atoms with van der Waals surface area (Å²) < 4.78 is 0.694. The van der Waals surface area contributed by atoms with Gasteiger partial charge < -0.3 is 9.80 Å². The van der Waals surface area contributed by atoms with Crippen molar-refractivity contribution in [1.29, 1.82) is 0 Å². The third-order valence-corrected chi connectivity index (χ3v) is 3.91. The monoisotopic (exact) mass is 311 g/mol. The molecule has 4 nitrogen and oxygen atoms in total. The molecule has 98 valence electrons. The van der Waals surface area contributed by atoms with Crippen LogP contribution in [0.1, 0.15) is 23.2 Å². The van der Waals surface area contributed by atoms with Crippen LogP contribution in [0.3, 0.4) is 0 Å². The summed E-state index contributed by atoms with van der Waals surface area (Å²) >= 11 is 3.29. The van der Waals surface area contributed by atoms with Gasteiger partial charge in [-0.1, -0.05) is 0 Å². The molecule has 5 heteroatoms. The number of pyridine rings is 1. The lowest BCUT2D eigenvalue weighted by atomic mass is 10.2. The van der Waals surface area contributed by atoms with Gasteiger partial charge in [0, 0.05) is 31.4 Å². The number of nitrogens with zero attached hydrogens (tertiary/aromatic N) is 3. The highest BCUT2D eigenvalue weighted by atomic mass is 79.9. The zero-order chi connectivity index (χ0) is 13.1. The van der Waals surface area contributed by atoms with Gasteiger partial charge in [-0.2, -0.15) is 0 Å². The smallest absolute Gasteiger partial charge is 0.253 e. The molecule has 0 saturated carbocycles. The molecule has 0 N–H and O–H groups in total. The minimum Gasteiger partial charge on any atom is -0.340 e. The third kappa shape index (κ3) is 3.09. The molecule has 18 heavy (non-hydrogen) atoms. The molecule has 0 aromatic carbocycles. The Morgan fingerprint density at radius 1 is 1.67 bits per heavy atom. The summed E-state index contributed by atoms with van der Waals surface area (Å²) in [5.74, 6) is 0.0541. The lowest BCUT2D eigenvalue weighted by Crippen LogP contribution is -2.39. The number of rotatable bonds is 3. The van der Waals surface area contributed by atoms with E-state index in [1.54, 1.807) is 23.2 Å². The maximum atomic E-state index is 12.3. The van der Waals surface area contributed by atoms with Gasteiger partial charge in [0.15, 0.2) is 0 Å². The van der Waals surface area contributed by atoms with Crippen LogP contribution in [-0.4, -0.2) is 53.9 Å². The van der Waals surface area contributed by atoms with Crippen molar-refractivity contribution in [2.45, 2.75) is 18.9 Å². The minimum absolute atomic E-state index is 0.0541. The quantitative estimate of drug-likeness (QED) is 0.801. The Kier molecular flexibility index (Phi) is 4.35. The maximum absolute atomic E-state index is 12.3. The SMILES string of the molecule is CN(CC1CCCN1C)C(=O)c1ccnc(Br)c1. The Hall–Kier alpha value is -0.940. The summed E-state index contributed by atoms with van der Waals surface area (Å²) in [6, 6.07) is 4.00. The number of likely N-dealkylation sites (tertiary alicyclic amines) is 1.